The smallest absolute Gasteiger partial charge is 0.231 e. The molecule has 7 nitrogen and oxygen atoms in total. The molecule has 1 atom stereocenters. The van der Waals surface area contributed by atoms with Gasteiger partial charge >= 0.3 is 0 Å². The van der Waals surface area contributed by atoms with Gasteiger partial charge in [0, 0.05) is 0 Å². The van der Waals surface area contributed by atoms with Crippen molar-refractivity contribution >= 4 is 22.7 Å². The predicted octanol–water partition coefficient (Wildman–Crippen LogP) is 2.66. The number of nitrogen functional groups attached to an aromatic ring is 2. The van der Waals surface area contributed by atoms with Crippen molar-refractivity contribution in [2.45, 2.75) is 13.0 Å². The molecule has 0 aliphatic carbocycles. The summed E-state index contributed by atoms with van der Waals surface area (Å²) in [6.45, 7) is 2.19. The molecule has 122 valence electrons. The number of benzene rings is 2. The fourth-order valence-corrected chi connectivity index (χ4v) is 2.72. The van der Waals surface area contributed by atoms with E-state index < -0.39 is 0 Å². The van der Waals surface area contributed by atoms with E-state index in [9.17, 15) is 0 Å². The average Bonchev–Trinajstić information content (AvgIpc) is 3.01. The number of anilines is 2. The van der Waals surface area contributed by atoms with Gasteiger partial charge in [0.15, 0.2) is 11.5 Å². The Morgan fingerprint density at radius 3 is 2.79 bits per heavy atom. The molecule has 1 aliphatic heterocycles. The Morgan fingerprint density at radius 2 is 1.92 bits per heavy atom. The maximum absolute atomic E-state index is 6.10. The standard InChI is InChI=1S/C17H16N4O3/c1-9(10-5-6-12-14(7-10)23-8-22-12)24-13-4-2-3-11-15(13)16(18)21-17(19)20-11/h2-7,9H,8H2,1H3,(H4,18,19,20,21). The largest absolute Gasteiger partial charge is 0.485 e. The third-order valence-corrected chi connectivity index (χ3v) is 3.90. The summed E-state index contributed by atoms with van der Waals surface area (Å²) in [5, 5.41) is 0.652. The van der Waals surface area contributed by atoms with Crippen LogP contribution in [-0.4, -0.2) is 16.8 Å². The number of ether oxygens (including phenoxy) is 3. The van der Waals surface area contributed by atoms with E-state index in [0.29, 0.717) is 22.5 Å². The molecule has 0 saturated carbocycles. The summed E-state index contributed by atoms with van der Waals surface area (Å²) in [7, 11) is 0. The molecular weight excluding hydrogens is 308 g/mol. The van der Waals surface area contributed by atoms with E-state index in [1.54, 1.807) is 0 Å². The second-order valence-electron chi connectivity index (χ2n) is 5.49. The lowest BCUT2D eigenvalue weighted by Gasteiger charge is -2.17. The highest BCUT2D eigenvalue weighted by Gasteiger charge is 2.18. The van der Waals surface area contributed by atoms with Crippen LogP contribution in [0.1, 0.15) is 18.6 Å². The first kappa shape index (κ1) is 14.4. The summed E-state index contributed by atoms with van der Waals surface area (Å²) < 4.78 is 16.8. The van der Waals surface area contributed by atoms with Crippen LogP contribution in [0.15, 0.2) is 36.4 Å². The van der Waals surface area contributed by atoms with Crippen LogP contribution in [0.5, 0.6) is 17.2 Å². The Morgan fingerprint density at radius 1 is 1.08 bits per heavy atom. The van der Waals surface area contributed by atoms with Gasteiger partial charge in [-0.25, -0.2) is 4.98 Å². The third kappa shape index (κ3) is 2.40. The number of nitrogens with zero attached hydrogens (tertiary/aromatic N) is 2. The van der Waals surface area contributed by atoms with Crippen molar-refractivity contribution in [3.05, 3.63) is 42.0 Å². The molecule has 24 heavy (non-hydrogen) atoms. The van der Waals surface area contributed by atoms with Crippen molar-refractivity contribution in [3.8, 4) is 17.2 Å². The third-order valence-electron chi connectivity index (χ3n) is 3.90. The number of hydrogen-bond donors (Lipinski definition) is 2. The molecule has 7 heteroatoms. The van der Waals surface area contributed by atoms with Crippen LogP contribution < -0.4 is 25.7 Å². The number of fused-ring (bicyclic) bond motifs is 2. The minimum absolute atomic E-state index is 0.140. The van der Waals surface area contributed by atoms with Crippen LogP contribution in [0.2, 0.25) is 0 Å². The van der Waals surface area contributed by atoms with Crippen LogP contribution in [0.4, 0.5) is 11.8 Å². The molecule has 0 saturated heterocycles. The molecule has 4 N–H and O–H groups in total. The fraction of sp³-hybridized carbons (Fsp3) is 0.176. The molecule has 3 aromatic rings. The van der Waals surface area contributed by atoms with E-state index in [0.717, 1.165) is 17.1 Å². The molecule has 1 aromatic heterocycles. The molecule has 0 amide bonds. The SMILES string of the molecule is CC(Oc1cccc2nc(N)nc(N)c12)c1ccc2c(c1)OCO2. The second-order valence-corrected chi connectivity index (χ2v) is 5.49. The van der Waals surface area contributed by atoms with E-state index in [1.165, 1.54) is 0 Å². The quantitative estimate of drug-likeness (QED) is 0.763. The van der Waals surface area contributed by atoms with Crippen molar-refractivity contribution in [1.82, 2.24) is 9.97 Å². The van der Waals surface area contributed by atoms with Crippen molar-refractivity contribution in [3.63, 3.8) is 0 Å². The summed E-state index contributed by atoms with van der Waals surface area (Å²) >= 11 is 0. The second kappa shape index (κ2) is 5.45. The van der Waals surface area contributed by atoms with Crippen molar-refractivity contribution < 1.29 is 14.2 Å². The van der Waals surface area contributed by atoms with Crippen molar-refractivity contribution in [2.24, 2.45) is 0 Å². The Hall–Kier alpha value is -3.22. The molecule has 0 spiro atoms. The Kier molecular flexibility index (Phi) is 3.26. The Bertz CT molecular complexity index is 929. The minimum atomic E-state index is -0.220. The zero-order valence-corrected chi connectivity index (χ0v) is 13.0. The molecule has 2 aromatic carbocycles. The van der Waals surface area contributed by atoms with Gasteiger partial charge in [-0.2, -0.15) is 4.98 Å². The van der Waals surface area contributed by atoms with E-state index in [4.69, 9.17) is 25.7 Å². The molecule has 0 bridgehead atoms. The predicted molar refractivity (Wildman–Crippen MR) is 90.0 cm³/mol. The highest BCUT2D eigenvalue weighted by Crippen LogP contribution is 2.36. The van der Waals surface area contributed by atoms with Gasteiger partial charge in [0.25, 0.3) is 0 Å². The van der Waals surface area contributed by atoms with Gasteiger partial charge in [-0.3, -0.25) is 0 Å². The van der Waals surface area contributed by atoms with Gasteiger partial charge in [0.05, 0.1) is 10.9 Å². The lowest BCUT2D eigenvalue weighted by Crippen LogP contribution is -2.06. The number of nitrogens with two attached hydrogens (primary N) is 2. The average molecular weight is 324 g/mol. The van der Waals surface area contributed by atoms with Crippen molar-refractivity contribution in [1.29, 1.82) is 0 Å². The number of hydrogen-bond acceptors (Lipinski definition) is 7. The van der Waals surface area contributed by atoms with Crippen LogP contribution in [-0.2, 0) is 0 Å². The topological polar surface area (TPSA) is 106 Å². The summed E-state index contributed by atoms with van der Waals surface area (Å²) in [6, 6.07) is 11.2. The molecule has 1 unspecified atom stereocenters. The summed E-state index contributed by atoms with van der Waals surface area (Å²) in [5.41, 5.74) is 13.3. The molecule has 1 aliphatic rings. The summed E-state index contributed by atoms with van der Waals surface area (Å²) in [4.78, 5) is 8.21. The van der Waals surface area contributed by atoms with Gasteiger partial charge in [-0.15, -0.1) is 0 Å². The van der Waals surface area contributed by atoms with E-state index in [2.05, 4.69) is 9.97 Å². The fourth-order valence-electron chi connectivity index (χ4n) is 2.72. The summed E-state index contributed by atoms with van der Waals surface area (Å²) in [5.74, 6) is 2.50. The van der Waals surface area contributed by atoms with Gasteiger partial charge in [0.2, 0.25) is 12.7 Å². The zero-order valence-electron chi connectivity index (χ0n) is 13.0. The Balaban J connectivity index is 1.69. The molecule has 0 fully saturated rings. The van der Waals surface area contributed by atoms with Gasteiger partial charge in [0.1, 0.15) is 17.7 Å². The van der Waals surface area contributed by atoms with Gasteiger partial charge < -0.3 is 25.7 Å². The monoisotopic (exact) mass is 324 g/mol. The highest BCUT2D eigenvalue weighted by atomic mass is 16.7. The first-order valence-corrected chi connectivity index (χ1v) is 7.50. The lowest BCUT2D eigenvalue weighted by atomic mass is 10.1. The maximum Gasteiger partial charge on any atom is 0.231 e. The molecule has 2 heterocycles. The van der Waals surface area contributed by atoms with Gasteiger partial charge in [-0.05, 0) is 36.8 Å². The van der Waals surface area contributed by atoms with Crippen LogP contribution in [0.25, 0.3) is 10.9 Å². The van der Waals surface area contributed by atoms with Crippen LogP contribution in [0.3, 0.4) is 0 Å². The summed E-state index contributed by atoms with van der Waals surface area (Å²) in [6.07, 6.45) is -0.220. The highest BCUT2D eigenvalue weighted by molar-refractivity contribution is 5.94. The van der Waals surface area contributed by atoms with Crippen molar-refractivity contribution in [2.75, 3.05) is 18.3 Å². The molecule has 4 rings (SSSR count). The van der Waals surface area contributed by atoms with Gasteiger partial charge in [-0.1, -0.05) is 12.1 Å². The normalized spacial score (nSPS) is 13.9. The Labute approximate surface area is 138 Å². The molecular formula is C17H16N4O3. The van der Waals surface area contributed by atoms with E-state index >= 15 is 0 Å². The van der Waals surface area contributed by atoms with E-state index in [-0.39, 0.29) is 18.8 Å². The lowest BCUT2D eigenvalue weighted by molar-refractivity contribution is 0.173. The van der Waals surface area contributed by atoms with E-state index in [1.807, 2.05) is 43.3 Å². The number of rotatable bonds is 3. The maximum atomic E-state index is 6.10. The molecule has 0 radical (unpaired) electrons. The minimum Gasteiger partial charge on any atom is -0.485 e. The zero-order chi connectivity index (χ0) is 16.7. The first-order chi connectivity index (χ1) is 11.6. The van der Waals surface area contributed by atoms with Crippen LogP contribution in [0, 0.1) is 0 Å². The first-order valence-electron chi connectivity index (χ1n) is 7.50. The number of aromatic nitrogens is 2. The van der Waals surface area contributed by atoms with Crippen LogP contribution >= 0.6 is 0 Å².